The van der Waals surface area contributed by atoms with Gasteiger partial charge in [0.05, 0.1) is 12.7 Å². The monoisotopic (exact) mass is 395 g/mol. The molecule has 0 saturated heterocycles. The maximum Gasteiger partial charge on any atom is 0.337 e. The molecule has 7 heteroatoms. The van der Waals surface area contributed by atoms with Gasteiger partial charge in [-0.1, -0.05) is 29.8 Å². The Labute approximate surface area is 167 Å². The van der Waals surface area contributed by atoms with Gasteiger partial charge in [0.15, 0.2) is 0 Å². The highest BCUT2D eigenvalue weighted by Crippen LogP contribution is 2.15. The Kier molecular flexibility index (Phi) is 6.24. The quantitative estimate of drug-likeness (QED) is 0.605. The fourth-order valence-corrected chi connectivity index (χ4v) is 2.63. The van der Waals surface area contributed by atoms with Crippen molar-refractivity contribution in [3.05, 3.63) is 88.7 Å². The van der Waals surface area contributed by atoms with E-state index in [1.165, 1.54) is 7.11 Å². The summed E-state index contributed by atoms with van der Waals surface area (Å²) in [4.78, 5) is 28.2. The van der Waals surface area contributed by atoms with E-state index in [4.69, 9.17) is 11.6 Å². The Bertz CT molecular complexity index is 990. The van der Waals surface area contributed by atoms with Gasteiger partial charge < -0.3 is 15.4 Å². The van der Waals surface area contributed by atoms with Crippen LogP contribution in [0.5, 0.6) is 0 Å². The smallest absolute Gasteiger partial charge is 0.337 e. The number of carbonyl (C=O) groups excluding carboxylic acids is 2. The second-order valence-electron chi connectivity index (χ2n) is 5.94. The van der Waals surface area contributed by atoms with E-state index in [9.17, 15) is 9.59 Å². The fraction of sp³-hybridized carbons (Fsp3) is 0.0952. The summed E-state index contributed by atoms with van der Waals surface area (Å²) < 4.78 is 4.69. The lowest BCUT2D eigenvalue weighted by molar-refractivity contribution is 0.0600. The van der Waals surface area contributed by atoms with Crippen molar-refractivity contribution >= 4 is 34.9 Å². The van der Waals surface area contributed by atoms with Crippen LogP contribution in [0.3, 0.4) is 0 Å². The van der Waals surface area contributed by atoms with Gasteiger partial charge in [-0.25, -0.2) is 4.79 Å². The minimum Gasteiger partial charge on any atom is -0.465 e. The molecule has 0 fully saturated rings. The van der Waals surface area contributed by atoms with Crippen molar-refractivity contribution in [2.24, 2.45) is 0 Å². The number of carbonyl (C=O) groups is 2. The van der Waals surface area contributed by atoms with Gasteiger partial charge in [-0.3, -0.25) is 9.78 Å². The van der Waals surface area contributed by atoms with Crippen molar-refractivity contribution in [1.82, 2.24) is 4.98 Å². The van der Waals surface area contributed by atoms with Crippen molar-refractivity contribution in [2.45, 2.75) is 6.54 Å². The number of aromatic nitrogens is 1. The summed E-state index contributed by atoms with van der Waals surface area (Å²) in [6.45, 7) is 0.587. The van der Waals surface area contributed by atoms with Gasteiger partial charge in [0.2, 0.25) is 0 Å². The van der Waals surface area contributed by atoms with Crippen molar-refractivity contribution < 1.29 is 14.3 Å². The second-order valence-corrected chi connectivity index (χ2v) is 6.37. The molecule has 2 N–H and O–H groups in total. The Hall–Kier alpha value is -3.38. The third-order valence-electron chi connectivity index (χ3n) is 3.94. The number of esters is 1. The first-order valence-electron chi connectivity index (χ1n) is 8.49. The number of methoxy groups -OCH3 is 1. The number of nitrogens with one attached hydrogen (secondary N) is 2. The van der Waals surface area contributed by atoms with Crippen molar-refractivity contribution in [3.8, 4) is 0 Å². The highest BCUT2D eigenvalue weighted by molar-refractivity contribution is 6.30. The molecule has 1 heterocycles. The van der Waals surface area contributed by atoms with Crippen LogP contribution < -0.4 is 10.6 Å². The highest BCUT2D eigenvalue weighted by atomic mass is 35.5. The van der Waals surface area contributed by atoms with Gasteiger partial charge in [0, 0.05) is 29.1 Å². The zero-order valence-electron chi connectivity index (χ0n) is 15.1. The van der Waals surface area contributed by atoms with Gasteiger partial charge in [0.1, 0.15) is 5.69 Å². The van der Waals surface area contributed by atoms with Crippen LogP contribution in [-0.2, 0) is 11.3 Å². The third-order valence-corrected chi connectivity index (χ3v) is 4.20. The van der Waals surface area contributed by atoms with Crippen molar-refractivity contribution in [2.75, 3.05) is 17.7 Å². The Morgan fingerprint density at radius 1 is 1.04 bits per heavy atom. The molecule has 0 spiro atoms. The first kappa shape index (κ1) is 19.4. The molecule has 28 heavy (non-hydrogen) atoms. The van der Waals surface area contributed by atoms with Crippen LogP contribution in [-0.4, -0.2) is 24.0 Å². The molecule has 1 amide bonds. The molecule has 3 aromatic rings. The molecular formula is C21H18ClN3O3. The van der Waals surface area contributed by atoms with E-state index in [2.05, 4.69) is 20.4 Å². The molecule has 0 atom stereocenters. The third kappa shape index (κ3) is 5.08. The number of pyridine rings is 1. The van der Waals surface area contributed by atoms with Crippen LogP contribution in [0.15, 0.2) is 66.9 Å². The molecule has 142 valence electrons. The number of anilines is 2. The summed E-state index contributed by atoms with van der Waals surface area (Å²) >= 11 is 5.89. The van der Waals surface area contributed by atoms with Gasteiger partial charge >= 0.3 is 5.97 Å². The van der Waals surface area contributed by atoms with E-state index < -0.39 is 5.97 Å². The molecule has 0 aliphatic rings. The van der Waals surface area contributed by atoms with Crippen LogP contribution in [0.4, 0.5) is 11.4 Å². The molecule has 0 aliphatic heterocycles. The Morgan fingerprint density at radius 2 is 1.82 bits per heavy atom. The number of halogens is 1. The zero-order valence-corrected chi connectivity index (χ0v) is 15.9. The highest BCUT2D eigenvalue weighted by Gasteiger charge is 2.11. The SMILES string of the molecule is COC(=O)c1cccc(NC(=O)c2cc(NCc3ccc(Cl)cc3)ccn2)c1. The van der Waals surface area contributed by atoms with E-state index in [1.54, 1.807) is 42.6 Å². The first-order valence-corrected chi connectivity index (χ1v) is 8.87. The van der Waals surface area contributed by atoms with Crippen LogP contribution >= 0.6 is 11.6 Å². The predicted octanol–water partition coefficient (Wildman–Crippen LogP) is 4.39. The summed E-state index contributed by atoms with van der Waals surface area (Å²) in [6, 6.07) is 17.5. The minimum atomic E-state index is -0.470. The first-order chi connectivity index (χ1) is 13.5. The lowest BCUT2D eigenvalue weighted by atomic mass is 10.2. The van der Waals surface area contributed by atoms with E-state index >= 15 is 0 Å². The Balaban J connectivity index is 1.66. The molecule has 0 aliphatic carbocycles. The fourth-order valence-electron chi connectivity index (χ4n) is 2.51. The molecule has 0 bridgehead atoms. The summed E-state index contributed by atoms with van der Waals surface area (Å²) in [5.41, 5.74) is 2.91. The van der Waals surface area contributed by atoms with Crippen LogP contribution in [0.1, 0.15) is 26.4 Å². The van der Waals surface area contributed by atoms with Crippen LogP contribution in [0.25, 0.3) is 0 Å². The number of rotatable bonds is 6. The maximum atomic E-state index is 12.5. The van der Waals surface area contributed by atoms with Gasteiger partial charge in [-0.05, 0) is 48.0 Å². The standard InChI is InChI=1S/C21H18ClN3O3/c1-28-21(27)15-3-2-4-18(11-15)25-20(26)19-12-17(9-10-23-19)24-13-14-5-7-16(22)8-6-14/h2-12H,13H2,1H3,(H,23,24)(H,25,26). The molecule has 6 nitrogen and oxygen atoms in total. The molecule has 1 aromatic heterocycles. The number of amides is 1. The number of hydrogen-bond acceptors (Lipinski definition) is 5. The van der Waals surface area contributed by atoms with E-state index in [-0.39, 0.29) is 11.6 Å². The molecule has 0 unspecified atom stereocenters. The summed E-state index contributed by atoms with van der Waals surface area (Å²) in [5.74, 6) is -0.847. The average molecular weight is 396 g/mol. The second kappa shape index (κ2) is 9.01. The van der Waals surface area contributed by atoms with Crippen LogP contribution in [0.2, 0.25) is 5.02 Å². The largest absolute Gasteiger partial charge is 0.465 e. The molecule has 0 saturated carbocycles. The van der Waals surface area contributed by atoms with Gasteiger partial charge in [-0.15, -0.1) is 0 Å². The molecule has 0 radical (unpaired) electrons. The normalized spacial score (nSPS) is 10.2. The summed E-state index contributed by atoms with van der Waals surface area (Å²) in [7, 11) is 1.31. The number of nitrogens with zero attached hydrogens (tertiary/aromatic N) is 1. The summed E-state index contributed by atoms with van der Waals surface area (Å²) in [6.07, 6.45) is 1.56. The topological polar surface area (TPSA) is 80.3 Å². The lowest BCUT2D eigenvalue weighted by Gasteiger charge is -2.09. The maximum absolute atomic E-state index is 12.5. The zero-order chi connectivity index (χ0) is 19.9. The van der Waals surface area contributed by atoms with Crippen molar-refractivity contribution in [3.63, 3.8) is 0 Å². The Morgan fingerprint density at radius 3 is 2.57 bits per heavy atom. The minimum absolute atomic E-state index is 0.254. The summed E-state index contributed by atoms with van der Waals surface area (Å²) in [5, 5.41) is 6.66. The van der Waals surface area contributed by atoms with E-state index in [0.717, 1.165) is 11.3 Å². The average Bonchev–Trinajstić information content (AvgIpc) is 2.73. The van der Waals surface area contributed by atoms with Crippen LogP contribution in [0, 0.1) is 0 Å². The predicted molar refractivity (Wildman–Crippen MR) is 109 cm³/mol. The van der Waals surface area contributed by atoms with E-state index in [0.29, 0.717) is 22.8 Å². The van der Waals surface area contributed by atoms with Gasteiger partial charge in [0.25, 0.3) is 5.91 Å². The van der Waals surface area contributed by atoms with Crippen molar-refractivity contribution in [1.29, 1.82) is 0 Å². The lowest BCUT2D eigenvalue weighted by Crippen LogP contribution is -2.14. The number of benzene rings is 2. The number of ether oxygens (including phenoxy) is 1. The van der Waals surface area contributed by atoms with Gasteiger partial charge in [-0.2, -0.15) is 0 Å². The molecule has 3 rings (SSSR count). The van der Waals surface area contributed by atoms with E-state index in [1.807, 2.05) is 24.3 Å². The molecule has 2 aromatic carbocycles. The number of hydrogen-bond donors (Lipinski definition) is 2. The molecular weight excluding hydrogens is 378 g/mol.